The Morgan fingerprint density at radius 3 is 2.00 bits per heavy atom. The van der Waals surface area contributed by atoms with E-state index in [2.05, 4.69) is 45.7 Å². The summed E-state index contributed by atoms with van der Waals surface area (Å²) in [5.74, 6) is -1.15. The van der Waals surface area contributed by atoms with E-state index in [4.69, 9.17) is 9.84 Å². The zero-order valence-corrected chi connectivity index (χ0v) is 15.3. The van der Waals surface area contributed by atoms with Crippen LogP contribution in [0.3, 0.4) is 0 Å². The number of hydrogen-bond acceptors (Lipinski definition) is 4. The van der Waals surface area contributed by atoms with Crippen LogP contribution in [0.25, 0.3) is 0 Å². The Morgan fingerprint density at radius 2 is 1.70 bits per heavy atom. The van der Waals surface area contributed by atoms with Gasteiger partial charge in [-0.2, -0.15) is 0 Å². The summed E-state index contributed by atoms with van der Waals surface area (Å²) >= 11 is 0. The van der Waals surface area contributed by atoms with Crippen molar-refractivity contribution >= 4 is 17.8 Å². The molecule has 2 amide bonds. The largest absolute Gasteiger partial charge is 0.480 e. The molecule has 1 unspecified atom stereocenters. The lowest BCUT2D eigenvalue weighted by Crippen LogP contribution is -2.57. The smallest absolute Gasteiger partial charge is 0.326 e. The molecule has 0 aliphatic carbocycles. The van der Waals surface area contributed by atoms with Crippen LogP contribution in [-0.2, 0) is 19.1 Å². The van der Waals surface area contributed by atoms with Crippen molar-refractivity contribution in [3.8, 4) is 0 Å². The Hall–Kier alpha value is -1.47. The molecule has 7 heteroatoms. The molecule has 0 spiro atoms. The molecule has 1 atom stereocenters. The highest BCUT2D eigenvalue weighted by atomic mass is 16.5. The van der Waals surface area contributed by atoms with E-state index in [0.717, 1.165) is 18.9 Å². The molecule has 0 aromatic carbocycles. The van der Waals surface area contributed by atoms with E-state index < -0.39 is 17.9 Å². The van der Waals surface area contributed by atoms with Crippen LogP contribution in [-0.4, -0.2) is 41.1 Å². The average Bonchev–Trinajstić information content (AvgIpc) is 2.32. The third-order valence-corrected chi connectivity index (χ3v) is 2.62. The number of carbonyl (C=O) groups is 3. The minimum absolute atomic E-state index is 0.0366. The maximum atomic E-state index is 10.5. The first-order valence-electron chi connectivity index (χ1n) is 7.83. The SMILES string of the molecule is CC(=O)NC(CCC([NH3+])=O)C(=O)O.CC(C)CCOC(C)(C)C. The molecular formula is C16H33N2O5+. The maximum Gasteiger partial charge on any atom is 0.326 e. The van der Waals surface area contributed by atoms with Crippen LogP contribution in [0, 0.1) is 5.92 Å². The summed E-state index contributed by atoms with van der Waals surface area (Å²) in [4.78, 5) is 31.5. The predicted octanol–water partition coefficient (Wildman–Crippen LogP) is 0.972. The standard InChI is InChI=1S/C9H20O.C7H12N2O4/c1-8(2)6-7-10-9(3,4)5;1-4(10)9-5(7(12)13)2-3-6(8)11/h8H,6-7H2,1-5H3;5H,2-3H2,1H3,(H2,8,11)(H,9,10)(H,12,13)/p+1. The second-order valence-corrected chi connectivity index (χ2v) is 6.81. The zero-order chi connectivity index (χ0) is 18.6. The molecule has 0 rings (SSSR count). The molecule has 0 saturated carbocycles. The van der Waals surface area contributed by atoms with Crippen molar-refractivity contribution in [2.24, 2.45) is 5.92 Å². The summed E-state index contributed by atoms with van der Waals surface area (Å²) in [6.07, 6.45) is 1.30. The van der Waals surface area contributed by atoms with Gasteiger partial charge in [-0.15, -0.1) is 0 Å². The third kappa shape index (κ3) is 20.5. The van der Waals surface area contributed by atoms with E-state index >= 15 is 0 Å². The van der Waals surface area contributed by atoms with Gasteiger partial charge in [-0.05, 0) is 39.5 Å². The highest BCUT2D eigenvalue weighted by molar-refractivity contribution is 5.82. The number of aliphatic carboxylic acids is 1. The number of rotatable bonds is 8. The van der Waals surface area contributed by atoms with Gasteiger partial charge in [0.25, 0.3) is 0 Å². The predicted molar refractivity (Wildman–Crippen MR) is 87.5 cm³/mol. The molecule has 0 saturated heterocycles. The van der Waals surface area contributed by atoms with Crippen molar-refractivity contribution in [3.63, 3.8) is 0 Å². The second-order valence-electron chi connectivity index (χ2n) is 6.81. The summed E-state index contributed by atoms with van der Waals surface area (Å²) in [5, 5.41) is 10.8. The molecule has 0 bridgehead atoms. The number of ether oxygens (including phenoxy) is 1. The zero-order valence-electron chi connectivity index (χ0n) is 15.3. The number of hydrogen-bond donors (Lipinski definition) is 3. The lowest BCUT2D eigenvalue weighted by molar-refractivity contribution is -0.305. The van der Waals surface area contributed by atoms with Gasteiger partial charge in [0.2, 0.25) is 5.91 Å². The fourth-order valence-corrected chi connectivity index (χ4v) is 1.41. The molecule has 0 aliphatic rings. The molecule has 5 N–H and O–H groups in total. The molecule has 7 nitrogen and oxygen atoms in total. The summed E-state index contributed by atoms with van der Waals surface area (Å²) in [6.45, 7) is 12.8. The topological polar surface area (TPSA) is 120 Å². The Balaban J connectivity index is 0. The molecule has 136 valence electrons. The van der Waals surface area contributed by atoms with E-state index in [1.165, 1.54) is 6.92 Å². The van der Waals surface area contributed by atoms with Crippen LogP contribution in [0.15, 0.2) is 0 Å². The number of quaternary nitrogens is 1. The molecule has 0 fully saturated rings. The Morgan fingerprint density at radius 1 is 1.17 bits per heavy atom. The monoisotopic (exact) mass is 333 g/mol. The van der Waals surface area contributed by atoms with Gasteiger partial charge < -0.3 is 15.2 Å². The molecular weight excluding hydrogens is 300 g/mol. The highest BCUT2D eigenvalue weighted by Gasteiger charge is 2.19. The van der Waals surface area contributed by atoms with Crippen molar-refractivity contribution in [1.29, 1.82) is 0 Å². The van der Waals surface area contributed by atoms with E-state index in [1.807, 2.05) is 0 Å². The molecule has 23 heavy (non-hydrogen) atoms. The normalized spacial score (nSPS) is 12.2. The maximum absolute atomic E-state index is 10.5. The van der Waals surface area contributed by atoms with Gasteiger partial charge in [0, 0.05) is 13.5 Å². The molecule has 0 heterocycles. The van der Waals surface area contributed by atoms with E-state index in [9.17, 15) is 14.4 Å². The van der Waals surface area contributed by atoms with E-state index in [-0.39, 0.29) is 24.3 Å². The van der Waals surface area contributed by atoms with Gasteiger partial charge in [-0.1, -0.05) is 13.8 Å². The first kappa shape index (κ1) is 23.8. The number of carbonyl (C=O) groups excluding carboxylic acids is 2. The fraction of sp³-hybridized carbons (Fsp3) is 0.812. The summed E-state index contributed by atoms with van der Waals surface area (Å²) in [7, 11) is 0. The van der Waals surface area contributed by atoms with Crippen molar-refractivity contribution in [2.75, 3.05) is 6.61 Å². The highest BCUT2D eigenvalue weighted by Crippen LogP contribution is 2.09. The first-order valence-corrected chi connectivity index (χ1v) is 7.83. The third-order valence-electron chi connectivity index (χ3n) is 2.62. The molecule has 0 aliphatic heterocycles. The van der Waals surface area contributed by atoms with Gasteiger partial charge in [-0.3, -0.25) is 10.5 Å². The first-order chi connectivity index (χ1) is 10.3. The average molecular weight is 333 g/mol. The summed E-state index contributed by atoms with van der Waals surface area (Å²) < 4.78 is 5.54. The Bertz CT molecular complexity index is 375. The van der Waals surface area contributed by atoms with Gasteiger partial charge in [-0.25, -0.2) is 9.59 Å². The molecule has 0 radical (unpaired) electrons. The van der Waals surface area contributed by atoms with Crippen molar-refractivity contribution in [1.82, 2.24) is 5.32 Å². The van der Waals surface area contributed by atoms with Gasteiger partial charge in [0.15, 0.2) is 0 Å². The van der Waals surface area contributed by atoms with Crippen LogP contribution < -0.4 is 11.1 Å². The van der Waals surface area contributed by atoms with E-state index in [1.54, 1.807) is 0 Å². The van der Waals surface area contributed by atoms with Gasteiger partial charge in [0.1, 0.15) is 6.04 Å². The number of carboxylic acid groups (broad SMARTS) is 1. The second kappa shape index (κ2) is 12.0. The van der Waals surface area contributed by atoms with Crippen molar-refractivity contribution < 1.29 is 30.0 Å². The minimum atomic E-state index is -1.14. The van der Waals surface area contributed by atoms with Crippen LogP contribution in [0.5, 0.6) is 0 Å². The van der Waals surface area contributed by atoms with Crippen LogP contribution in [0.1, 0.15) is 60.8 Å². The Kier molecular flexibility index (Phi) is 12.4. The summed E-state index contributed by atoms with van der Waals surface area (Å²) in [6, 6.07) is -0.997. The fourth-order valence-electron chi connectivity index (χ4n) is 1.41. The van der Waals surface area contributed by atoms with Crippen LogP contribution in [0.4, 0.5) is 0 Å². The minimum Gasteiger partial charge on any atom is -0.480 e. The number of amides is 2. The molecule has 0 aromatic rings. The van der Waals surface area contributed by atoms with Gasteiger partial charge in [0.05, 0.1) is 12.0 Å². The van der Waals surface area contributed by atoms with Crippen molar-refractivity contribution in [3.05, 3.63) is 0 Å². The van der Waals surface area contributed by atoms with Crippen molar-refractivity contribution in [2.45, 2.75) is 72.4 Å². The number of carboxylic acids is 1. The molecule has 0 aromatic heterocycles. The van der Waals surface area contributed by atoms with Crippen LogP contribution in [0.2, 0.25) is 0 Å². The summed E-state index contributed by atoms with van der Waals surface area (Å²) in [5.41, 5.74) is 3.14. The Labute approximate surface area is 139 Å². The van der Waals surface area contributed by atoms with Crippen LogP contribution >= 0.6 is 0 Å². The number of nitrogens with one attached hydrogen (secondary N) is 1. The quantitative estimate of drug-likeness (QED) is 0.611. The lowest BCUT2D eigenvalue weighted by atomic mass is 10.1. The lowest BCUT2D eigenvalue weighted by Gasteiger charge is -2.19. The van der Waals surface area contributed by atoms with Gasteiger partial charge >= 0.3 is 11.9 Å². The van der Waals surface area contributed by atoms with E-state index in [0.29, 0.717) is 0 Å².